The first-order valence-electron chi connectivity index (χ1n) is 6.22. The van der Waals surface area contributed by atoms with Crippen molar-refractivity contribution in [2.45, 2.75) is 26.8 Å². The number of hydrogen-bond acceptors (Lipinski definition) is 4. The van der Waals surface area contributed by atoms with Crippen LogP contribution in [0.5, 0.6) is 0 Å². The van der Waals surface area contributed by atoms with E-state index in [4.69, 9.17) is 10.5 Å². The van der Waals surface area contributed by atoms with Gasteiger partial charge in [-0.1, -0.05) is 0 Å². The molecule has 1 aliphatic heterocycles. The van der Waals surface area contributed by atoms with Crippen LogP contribution in [0.3, 0.4) is 0 Å². The number of ether oxygens (including phenoxy) is 1. The number of rotatable bonds is 2. The summed E-state index contributed by atoms with van der Waals surface area (Å²) in [6, 6.07) is 2.14. The first-order valence-corrected chi connectivity index (χ1v) is 6.22. The second-order valence-corrected chi connectivity index (χ2v) is 4.50. The van der Waals surface area contributed by atoms with Crippen LogP contribution >= 0.6 is 0 Å². The number of nitrogens with two attached hydrogens (primary N) is 1. The van der Waals surface area contributed by atoms with E-state index < -0.39 is 0 Å². The summed E-state index contributed by atoms with van der Waals surface area (Å²) in [5.41, 5.74) is 10.4. The van der Waals surface area contributed by atoms with Crippen molar-refractivity contribution in [2.24, 2.45) is 5.73 Å². The number of aryl methyl sites for hydroxylation is 2. The van der Waals surface area contributed by atoms with Gasteiger partial charge < -0.3 is 15.4 Å². The van der Waals surface area contributed by atoms with E-state index in [-0.39, 0.29) is 0 Å². The fourth-order valence-electron chi connectivity index (χ4n) is 2.36. The maximum absolute atomic E-state index is 5.85. The number of aromatic nitrogens is 1. The minimum Gasteiger partial charge on any atom is -0.380 e. The van der Waals surface area contributed by atoms with Gasteiger partial charge in [0.05, 0.1) is 6.61 Å². The minimum atomic E-state index is 0.547. The molecule has 0 unspecified atom stereocenters. The Morgan fingerprint density at radius 1 is 1.35 bits per heavy atom. The number of nitrogens with zero attached hydrogens (tertiary/aromatic N) is 2. The summed E-state index contributed by atoms with van der Waals surface area (Å²) in [7, 11) is 0. The highest BCUT2D eigenvalue weighted by molar-refractivity contribution is 5.56. The van der Waals surface area contributed by atoms with Gasteiger partial charge in [-0.3, -0.25) is 4.98 Å². The van der Waals surface area contributed by atoms with Crippen molar-refractivity contribution < 1.29 is 4.74 Å². The highest BCUT2D eigenvalue weighted by Gasteiger charge is 2.15. The summed E-state index contributed by atoms with van der Waals surface area (Å²) in [6.45, 7) is 8.25. The summed E-state index contributed by atoms with van der Waals surface area (Å²) in [5, 5.41) is 0. The molecule has 1 aliphatic rings. The zero-order chi connectivity index (χ0) is 12.3. The number of pyridine rings is 1. The molecule has 2 rings (SSSR count). The highest BCUT2D eigenvalue weighted by atomic mass is 16.5. The van der Waals surface area contributed by atoms with Crippen molar-refractivity contribution >= 4 is 5.69 Å². The van der Waals surface area contributed by atoms with Crippen LogP contribution in [0.15, 0.2) is 6.07 Å². The van der Waals surface area contributed by atoms with E-state index in [1.807, 2.05) is 13.8 Å². The summed E-state index contributed by atoms with van der Waals surface area (Å²) in [4.78, 5) is 6.86. The van der Waals surface area contributed by atoms with Crippen LogP contribution in [-0.2, 0) is 11.3 Å². The molecular weight excluding hydrogens is 214 g/mol. The van der Waals surface area contributed by atoms with Crippen molar-refractivity contribution in [1.82, 2.24) is 4.98 Å². The van der Waals surface area contributed by atoms with Crippen molar-refractivity contribution in [3.05, 3.63) is 23.0 Å². The van der Waals surface area contributed by atoms with Crippen LogP contribution in [0.25, 0.3) is 0 Å². The van der Waals surface area contributed by atoms with Gasteiger partial charge in [0, 0.05) is 48.9 Å². The third-order valence-corrected chi connectivity index (χ3v) is 3.20. The van der Waals surface area contributed by atoms with E-state index in [9.17, 15) is 0 Å². The van der Waals surface area contributed by atoms with Crippen molar-refractivity contribution in [2.75, 3.05) is 31.2 Å². The topological polar surface area (TPSA) is 51.4 Å². The van der Waals surface area contributed by atoms with E-state index in [1.54, 1.807) is 0 Å². The maximum Gasteiger partial charge on any atom is 0.0641 e. The second kappa shape index (κ2) is 5.47. The Labute approximate surface area is 103 Å². The number of hydrogen-bond donors (Lipinski definition) is 1. The lowest BCUT2D eigenvalue weighted by molar-refractivity contribution is 0.152. The summed E-state index contributed by atoms with van der Waals surface area (Å²) in [6.07, 6.45) is 1.07. The Kier molecular flexibility index (Phi) is 3.97. The van der Waals surface area contributed by atoms with Gasteiger partial charge in [-0.15, -0.1) is 0 Å². The Morgan fingerprint density at radius 3 is 2.94 bits per heavy atom. The lowest BCUT2D eigenvalue weighted by Crippen LogP contribution is -2.28. The molecule has 1 fully saturated rings. The third kappa shape index (κ3) is 2.76. The Hall–Kier alpha value is -1.13. The fraction of sp³-hybridized carbons (Fsp3) is 0.615. The summed E-state index contributed by atoms with van der Waals surface area (Å²) >= 11 is 0. The van der Waals surface area contributed by atoms with E-state index in [0.29, 0.717) is 6.54 Å². The Bertz CT molecular complexity index is 384. The third-order valence-electron chi connectivity index (χ3n) is 3.20. The van der Waals surface area contributed by atoms with Gasteiger partial charge in [-0.2, -0.15) is 0 Å². The maximum atomic E-state index is 5.85. The average molecular weight is 235 g/mol. The Morgan fingerprint density at radius 2 is 2.18 bits per heavy atom. The molecule has 2 heterocycles. The highest BCUT2D eigenvalue weighted by Crippen LogP contribution is 2.24. The molecule has 0 aromatic carbocycles. The zero-order valence-electron chi connectivity index (χ0n) is 10.7. The standard InChI is InChI=1S/C13H21N3O/c1-10-8-13(12(9-14)11(2)15-10)16-4-3-6-17-7-5-16/h8H,3-7,9,14H2,1-2H3. The lowest BCUT2D eigenvalue weighted by Gasteiger charge is -2.25. The molecule has 1 saturated heterocycles. The molecule has 0 radical (unpaired) electrons. The van der Waals surface area contributed by atoms with Gasteiger partial charge in [0.25, 0.3) is 0 Å². The second-order valence-electron chi connectivity index (χ2n) is 4.50. The average Bonchev–Trinajstić information content (AvgIpc) is 2.56. The van der Waals surface area contributed by atoms with Gasteiger partial charge in [0.2, 0.25) is 0 Å². The molecule has 4 nitrogen and oxygen atoms in total. The molecule has 0 aliphatic carbocycles. The first kappa shape index (κ1) is 12.3. The molecule has 0 amide bonds. The molecule has 2 N–H and O–H groups in total. The molecule has 1 aromatic rings. The first-order chi connectivity index (χ1) is 8.22. The van der Waals surface area contributed by atoms with E-state index in [2.05, 4.69) is 16.0 Å². The zero-order valence-corrected chi connectivity index (χ0v) is 10.7. The lowest BCUT2D eigenvalue weighted by atomic mass is 10.1. The van der Waals surface area contributed by atoms with E-state index in [0.717, 1.165) is 49.7 Å². The largest absolute Gasteiger partial charge is 0.380 e. The molecule has 0 bridgehead atoms. The van der Waals surface area contributed by atoms with Crippen LogP contribution in [0.4, 0.5) is 5.69 Å². The molecular formula is C13H21N3O. The van der Waals surface area contributed by atoms with Crippen LogP contribution in [0.2, 0.25) is 0 Å². The minimum absolute atomic E-state index is 0.547. The fourth-order valence-corrected chi connectivity index (χ4v) is 2.36. The normalized spacial score (nSPS) is 17.0. The smallest absolute Gasteiger partial charge is 0.0641 e. The molecule has 1 aromatic heterocycles. The van der Waals surface area contributed by atoms with Gasteiger partial charge in [-0.25, -0.2) is 0 Å². The van der Waals surface area contributed by atoms with Gasteiger partial charge in [0.15, 0.2) is 0 Å². The quantitative estimate of drug-likeness (QED) is 0.841. The predicted octanol–water partition coefficient (Wildman–Crippen LogP) is 1.38. The monoisotopic (exact) mass is 235 g/mol. The van der Waals surface area contributed by atoms with Crippen molar-refractivity contribution in [3.63, 3.8) is 0 Å². The van der Waals surface area contributed by atoms with E-state index >= 15 is 0 Å². The van der Waals surface area contributed by atoms with Crippen LogP contribution in [0, 0.1) is 13.8 Å². The van der Waals surface area contributed by atoms with Gasteiger partial charge >= 0.3 is 0 Å². The Balaban J connectivity index is 2.34. The summed E-state index contributed by atoms with van der Waals surface area (Å²) < 4.78 is 5.49. The van der Waals surface area contributed by atoms with Crippen molar-refractivity contribution in [3.8, 4) is 0 Å². The molecule has 4 heteroatoms. The van der Waals surface area contributed by atoms with E-state index in [1.165, 1.54) is 5.69 Å². The predicted molar refractivity (Wildman–Crippen MR) is 69.3 cm³/mol. The summed E-state index contributed by atoms with van der Waals surface area (Å²) in [5.74, 6) is 0. The van der Waals surface area contributed by atoms with Crippen LogP contribution in [0.1, 0.15) is 23.4 Å². The van der Waals surface area contributed by atoms with Crippen molar-refractivity contribution in [1.29, 1.82) is 0 Å². The van der Waals surface area contributed by atoms with Crippen LogP contribution < -0.4 is 10.6 Å². The molecule has 17 heavy (non-hydrogen) atoms. The molecule has 0 saturated carbocycles. The molecule has 0 spiro atoms. The van der Waals surface area contributed by atoms with Crippen LogP contribution in [-0.4, -0.2) is 31.3 Å². The van der Waals surface area contributed by atoms with Gasteiger partial charge in [0.1, 0.15) is 0 Å². The number of anilines is 1. The van der Waals surface area contributed by atoms with Gasteiger partial charge in [-0.05, 0) is 26.3 Å². The molecule has 94 valence electrons. The SMILES string of the molecule is Cc1cc(N2CCCOCC2)c(CN)c(C)n1. The molecule has 0 atom stereocenters.